The molecule has 168 valence electrons. The lowest BCUT2D eigenvalue weighted by atomic mass is 9.88. The number of aliphatic imine (C=N–C) groups is 1. The smallest absolute Gasteiger partial charge is 0.227 e. The number of anilines is 1. The molecular weight excluding hydrogens is 390 g/mol. The summed E-state index contributed by atoms with van der Waals surface area (Å²) < 4.78 is 0. The molecule has 2 amide bonds. The number of rotatable bonds is 5. The molecule has 31 heavy (non-hydrogen) atoms. The fourth-order valence-corrected chi connectivity index (χ4v) is 4.97. The van der Waals surface area contributed by atoms with Crippen LogP contribution in [-0.2, 0) is 16.1 Å². The lowest BCUT2D eigenvalue weighted by molar-refractivity contribution is -0.135. The Morgan fingerprint density at radius 2 is 1.84 bits per heavy atom. The van der Waals surface area contributed by atoms with Gasteiger partial charge in [-0.15, -0.1) is 0 Å². The third-order valence-electron chi connectivity index (χ3n) is 6.80. The van der Waals surface area contributed by atoms with E-state index in [4.69, 9.17) is 0 Å². The van der Waals surface area contributed by atoms with Gasteiger partial charge in [-0.2, -0.15) is 0 Å². The summed E-state index contributed by atoms with van der Waals surface area (Å²) in [5, 5.41) is 6.85. The Morgan fingerprint density at radius 1 is 1.06 bits per heavy atom. The van der Waals surface area contributed by atoms with E-state index in [0.717, 1.165) is 62.5 Å². The Kier molecular flexibility index (Phi) is 7.10. The molecule has 1 aliphatic carbocycles. The van der Waals surface area contributed by atoms with Crippen molar-refractivity contribution < 1.29 is 9.59 Å². The molecule has 3 fully saturated rings. The SMILES string of the molecule is CN=C(NCc1ccc(N2CCCC2=O)cc1)NC1CCN(C(=O)C2CCCCC2)C1. The molecule has 0 bridgehead atoms. The van der Waals surface area contributed by atoms with Gasteiger partial charge in [0.25, 0.3) is 0 Å². The van der Waals surface area contributed by atoms with E-state index in [9.17, 15) is 9.59 Å². The molecule has 0 radical (unpaired) electrons. The average Bonchev–Trinajstić information content (AvgIpc) is 3.46. The van der Waals surface area contributed by atoms with Crippen molar-refractivity contribution in [1.29, 1.82) is 0 Å². The van der Waals surface area contributed by atoms with Gasteiger partial charge >= 0.3 is 0 Å². The number of likely N-dealkylation sites (tertiary alicyclic amines) is 1. The van der Waals surface area contributed by atoms with Crippen LogP contribution in [0.4, 0.5) is 5.69 Å². The minimum atomic E-state index is 0.211. The molecular formula is C24H35N5O2. The van der Waals surface area contributed by atoms with Crippen LogP contribution in [-0.4, -0.2) is 55.4 Å². The Balaban J connectivity index is 1.23. The van der Waals surface area contributed by atoms with Crippen molar-refractivity contribution in [2.75, 3.05) is 31.6 Å². The van der Waals surface area contributed by atoms with E-state index < -0.39 is 0 Å². The maximum Gasteiger partial charge on any atom is 0.227 e. The number of hydrogen-bond donors (Lipinski definition) is 2. The van der Waals surface area contributed by atoms with Gasteiger partial charge < -0.3 is 20.4 Å². The minimum absolute atomic E-state index is 0.211. The Bertz CT molecular complexity index is 801. The second-order valence-corrected chi connectivity index (χ2v) is 8.99. The third kappa shape index (κ3) is 5.38. The largest absolute Gasteiger partial charge is 0.352 e. The molecule has 2 N–H and O–H groups in total. The second-order valence-electron chi connectivity index (χ2n) is 8.99. The molecule has 2 aliphatic heterocycles. The highest BCUT2D eigenvalue weighted by Gasteiger charge is 2.31. The molecule has 3 aliphatic rings. The predicted octanol–water partition coefficient (Wildman–Crippen LogP) is 2.66. The Morgan fingerprint density at radius 3 is 2.52 bits per heavy atom. The van der Waals surface area contributed by atoms with Crippen molar-refractivity contribution >= 4 is 23.5 Å². The van der Waals surface area contributed by atoms with E-state index in [1.165, 1.54) is 19.3 Å². The number of nitrogens with zero attached hydrogens (tertiary/aromatic N) is 3. The normalized spacial score (nSPS) is 22.8. The topological polar surface area (TPSA) is 77.0 Å². The van der Waals surface area contributed by atoms with E-state index in [1.54, 1.807) is 7.05 Å². The molecule has 0 aromatic heterocycles. The first-order chi connectivity index (χ1) is 15.1. The van der Waals surface area contributed by atoms with Crippen molar-refractivity contribution in [2.24, 2.45) is 10.9 Å². The number of benzene rings is 1. The van der Waals surface area contributed by atoms with Crippen LogP contribution in [0.3, 0.4) is 0 Å². The molecule has 1 atom stereocenters. The highest BCUT2D eigenvalue weighted by Crippen LogP contribution is 2.27. The van der Waals surface area contributed by atoms with Gasteiger partial charge in [-0.05, 0) is 43.4 Å². The van der Waals surface area contributed by atoms with E-state index in [-0.39, 0.29) is 17.9 Å². The van der Waals surface area contributed by atoms with Crippen molar-refractivity contribution in [3.63, 3.8) is 0 Å². The standard InChI is InChI=1S/C24H35N5O2/c1-25-24(26-16-18-9-11-21(12-10-18)29-14-5-8-22(29)30)27-20-13-15-28(17-20)23(31)19-6-3-2-4-7-19/h9-12,19-20H,2-8,13-17H2,1H3,(H2,25,26,27). The summed E-state index contributed by atoms with van der Waals surface area (Å²) in [6.45, 7) is 3.06. The summed E-state index contributed by atoms with van der Waals surface area (Å²) in [6.07, 6.45) is 8.32. The van der Waals surface area contributed by atoms with Gasteiger partial charge in [-0.1, -0.05) is 31.4 Å². The zero-order chi connectivity index (χ0) is 21.6. The van der Waals surface area contributed by atoms with Gasteiger partial charge in [0.1, 0.15) is 0 Å². The number of carbonyl (C=O) groups is 2. The summed E-state index contributed by atoms with van der Waals surface area (Å²) in [5.74, 6) is 1.56. The maximum absolute atomic E-state index is 12.8. The molecule has 1 unspecified atom stereocenters. The third-order valence-corrected chi connectivity index (χ3v) is 6.80. The van der Waals surface area contributed by atoms with E-state index in [1.807, 2.05) is 21.9 Å². The fourth-order valence-electron chi connectivity index (χ4n) is 4.97. The fraction of sp³-hybridized carbons (Fsp3) is 0.625. The molecule has 1 saturated carbocycles. The summed E-state index contributed by atoms with van der Waals surface area (Å²) in [4.78, 5) is 32.9. The van der Waals surface area contributed by atoms with Crippen LogP contribution in [0.5, 0.6) is 0 Å². The van der Waals surface area contributed by atoms with Gasteiger partial charge in [0.05, 0.1) is 0 Å². The van der Waals surface area contributed by atoms with Crippen LogP contribution in [0.1, 0.15) is 56.9 Å². The first-order valence-electron chi connectivity index (χ1n) is 11.8. The van der Waals surface area contributed by atoms with Crippen LogP contribution in [0, 0.1) is 5.92 Å². The Labute approximate surface area is 185 Å². The molecule has 2 heterocycles. The van der Waals surface area contributed by atoms with Crippen LogP contribution in [0.25, 0.3) is 0 Å². The second kappa shape index (κ2) is 10.2. The molecule has 1 aromatic rings. The van der Waals surface area contributed by atoms with Gasteiger partial charge in [0.15, 0.2) is 5.96 Å². The quantitative estimate of drug-likeness (QED) is 0.562. The molecule has 2 saturated heterocycles. The van der Waals surface area contributed by atoms with E-state index in [2.05, 4.69) is 27.8 Å². The Hall–Kier alpha value is -2.57. The first-order valence-corrected chi connectivity index (χ1v) is 11.8. The zero-order valence-electron chi connectivity index (χ0n) is 18.6. The summed E-state index contributed by atoms with van der Waals surface area (Å²) >= 11 is 0. The van der Waals surface area contributed by atoms with Gasteiger partial charge in [-0.25, -0.2) is 0 Å². The molecule has 4 rings (SSSR count). The van der Waals surface area contributed by atoms with Crippen LogP contribution >= 0.6 is 0 Å². The van der Waals surface area contributed by atoms with Crippen LogP contribution in [0.15, 0.2) is 29.3 Å². The number of hydrogen-bond acceptors (Lipinski definition) is 3. The van der Waals surface area contributed by atoms with Crippen molar-refractivity contribution in [3.05, 3.63) is 29.8 Å². The highest BCUT2D eigenvalue weighted by atomic mass is 16.2. The highest BCUT2D eigenvalue weighted by molar-refractivity contribution is 5.95. The van der Waals surface area contributed by atoms with Crippen LogP contribution in [0.2, 0.25) is 0 Å². The van der Waals surface area contributed by atoms with E-state index in [0.29, 0.717) is 18.9 Å². The number of amides is 2. The molecule has 1 aromatic carbocycles. The molecule has 7 heteroatoms. The summed E-state index contributed by atoms with van der Waals surface area (Å²) in [5.41, 5.74) is 2.11. The van der Waals surface area contributed by atoms with Crippen molar-refractivity contribution in [1.82, 2.24) is 15.5 Å². The summed E-state index contributed by atoms with van der Waals surface area (Å²) in [7, 11) is 1.78. The monoisotopic (exact) mass is 425 g/mol. The van der Waals surface area contributed by atoms with Crippen molar-refractivity contribution in [3.8, 4) is 0 Å². The zero-order valence-corrected chi connectivity index (χ0v) is 18.6. The van der Waals surface area contributed by atoms with Crippen LogP contribution < -0.4 is 15.5 Å². The average molecular weight is 426 g/mol. The number of guanidine groups is 1. The minimum Gasteiger partial charge on any atom is -0.352 e. The summed E-state index contributed by atoms with van der Waals surface area (Å²) in [6, 6.07) is 8.38. The lowest BCUT2D eigenvalue weighted by Crippen LogP contribution is -2.45. The lowest BCUT2D eigenvalue weighted by Gasteiger charge is -2.26. The first kappa shape index (κ1) is 21.7. The van der Waals surface area contributed by atoms with Gasteiger partial charge in [0, 0.05) is 57.3 Å². The maximum atomic E-state index is 12.8. The van der Waals surface area contributed by atoms with Gasteiger partial charge in [-0.3, -0.25) is 14.6 Å². The van der Waals surface area contributed by atoms with Gasteiger partial charge in [0.2, 0.25) is 11.8 Å². The number of nitrogens with one attached hydrogen (secondary N) is 2. The predicted molar refractivity (Wildman–Crippen MR) is 123 cm³/mol. The molecule has 7 nitrogen and oxygen atoms in total. The van der Waals surface area contributed by atoms with Crippen molar-refractivity contribution in [2.45, 2.75) is 64.0 Å². The molecule has 0 spiro atoms. The number of carbonyl (C=O) groups excluding carboxylic acids is 2. The van der Waals surface area contributed by atoms with E-state index >= 15 is 0 Å².